The first-order valence-corrected chi connectivity index (χ1v) is 26.3. The van der Waals surface area contributed by atoms with Crippen molar-refractivity contribution in [3.8, 4) is 46.8 Å². The summed E-state index contributed by atoms with van der Waals surface area (Å²) in [5.41, 5.74) is 0.0796. The maximum Gasteiger partial charge on any atom is 0.327 e. The lowest BCUT2D eigenvalue weighted by Crippen LogP contribution is -2.82. The number of hydrogen-bond donors (Lipinski definition) is 4. The van der Waals surface area contributed by atoms with E-state index < -0.39 is 30.0 Å². The van der Waals surface area contributed by atoms with Crippen molar-refractivity contribution >= 4 is 55.4 Å². The molecule has 0 unspecified atom stereocenters. The molecule has 0 amide bonds. The Morgan fingerprint density at radius 1 is 0.432 bits per heavy atom. The number of nitrogens with two attached hydrogens (primary N) is 2. The number of nitrogens with one attached hydrogen (secondary N) is 2. The minimum atomic E-state index is -5.12. The Hall–Kier alpha value is -8.24. The third-order valence-electron chi connectivity index (χ3n) is 9.91. The Morgan fingerprint density at radius 3 is 1.03 bits per heavy atom. The number of aromatic nitrogens is 4. The summed E-state index contributed by atoms with van der Waals surface area (Å²) in [5.74, 6) is 2.29. The maximum atomic E-state index is 12.6. The monoisotopic (exact) mass is 1040 g/mol. The number of quaternary nitrogens is 2. The number of hydrogen-bond acceptors (Lipinski definition) is 16. The second-order valence-corrected chi connectivity index (χ2v) is 18.3. The molecule has 0 aliphatic heterocycles. The molecule has 8 aromatic rings. The molecule has 0 bridgehead atoms. The number of benzene rings is 6. The average Bonchev–Trinajstić information content (AvgIpc) is 3.37. The van der Waals surface area contributed by atoms with E-state index in [9.17, 15) is 25.9 Å². The molecule has 0 aliphatic carbocycles. The molecule has 0 aliphatic rings. The zero-order valence-corrected chi connectivity index (χ0v) is 42.6. The minimum Gasteiger partial charge on any atom is -0.744 e. The molecule has 0 spiro atoms. The molecule has 74 heavy (non-hydrogen) atoms. The van der Waals surface area contributed by atoms with Gasteiger partial charge in [0.05, 0.1) is 36.0 Å². The zero-order valence-electron chi connectivity index (χ0n) is 41.0. The molecule has 8 rings (SSSR count). The summed E-state index contributed by atoms with van der Waals surface area (Å²) in [6, 6.07) is 45.7. The molecule has 6 N–H and O–H groups in total. The number of ether oxygens (including phenoxy) is 4. The zero-order chi connectivity index (χ0) is 52.8. The Morgan fingerprint density at radius 2 is 0.743 bits per heavy atom. The highest BCUT2D eigenvalue weighted by Crippen LogP contribution is 2.32. The van der Waals surface area contributed by atoms with Crippen LogP contribution in [-0.2, 0) is 20.2 Å². The first-order valence-electron chi connectivity index (χ1n) is 23.5. The van der Waals surface area contributed by atoms with Crippen molar-refractivity contribution in [3.63, 3.8) is 0 Å². The summed E-state index contributed by atoms with van der Waals surface area (Å²) < 4.78 is 99.2. The molecule has 0 saturated carbocycles. The van der Waals surface area contributed by atoms with Gasteiger partial charge in [-0.1, -0.05) is 97.1 Å². The van der Waals surface area contributed by atoms with E-state index in [-0.39, 0.29) is 57.9 Å². The fraction of sp³-hybridized carbons (Fsp3) is 0.148. The van der Waals surface area contributed by atoms with E-state index >= 15 is 0 Å². The number of anilines is 4. The summed E-state index contributed by atoms with van der Waals surface area (Å²) in [6.07, 6.45) is 2.41. The van der Waals surface area contributed by atoms with E-state index in [1.165, 1.54) is 74.7 Å². The number of nitrogens with zero attached hydrogens (tertiary/aromatic N) is 4. The van der Waals surface area contributed by atoms with Crippen molar-refractivity contribution < 1.29 is 55.5 Å². The van der Waals surface area contributed by atoms with Crippen LogP contribution in [-0.4, -0.2) is 72.1 Å². The van der Waals surface area contributed by atoms with E-state index in [1.54, 1.807) is 97.1 Å². The SMILES string of the molecule is CC[NH2+]CC.CC[NH2+]CC.O=S(=O)([O-])c1cc(Nc2cc(Oc3ccccc3)nc(Oc3ccccc3)n2)ccc1C=Cc1ccc(Nc2cc(Oc3ccccc3)nc(Oc3ccccc3)n2)cc1S(=O)(=O)[O-]. The summed E-state index contributed by atoms with van der Waals surface area (Å²) in [5, 5.41) is 10.4. The minimum absolute atomic E-state index is 0.0932. The van der Waals surface area contributed by atoms with Gasteiger partial charge in [-0.2, -0.15) is 19.9 Å². The molecule has 2 aromatic heterocycles. The third-order valence-corrected chi connectivity index (χ3v) is 11.7. The largest absolute Gasteiger partial charge is 0.744 e. The van der Waals surface area contributed by atoms with Gasteiger partial charge < -0.3 is 49.3 Å². The highest BCUT2D eigenvalue weighted by atomic mass is 32.2. The van der Waals surface area contributed by atoms with Crippen molar-refractivity contribution in [3.05, 3.63) is 181 Å². The van der Waals surface area contributed by atoms with Crippen LogP contribution in [0.25, 0.3) is 12.2 Å². The smallest absolute Gasteiger partial charge is 0.327 e. The highest BCUT2D eigenvalue weighted by molar-refractivity contribution is 7.86. The summed E-state index contributed by atoms with van der Waals surface area (Å²) in [6.45, 7) is 13.5. The van der Waals surface area contributed by atoms with Gasteiger partial charge in [0, 0.05) is 23.5 Å². The van der Waals surface area contributed by atoms with E-state index in [2.05, 4.69) is 68.9 Å². The van der Waals surface area contributed by atoms with Crippen molar-refractivity contribution in [1.82, 2.24) is 19.9 Å². The topological polar surface area (TPSA) is 260 Å². The van der Waals surface area contributed by atoms with Crippen LogP contribution >= 0.6 is 0 Å². The molecular formula is C54H56N8O10S2. The normalized spacial score (nSPS) is 11.1. The lowest BCUT2D eigenvalue weighted by molar-refractivity contribution is -0.648. The predicted octanol–water partition coefficient (Wildman–Crippen LogP) is 9.08. The van der Waals surface area contributed by atoms with Crippen molar-refractivity contribution in [1.29, 1.82) is 0 Å². The summed E-state index contributed by atoms with van der Waals surface area (Å²) >= 11 is 0. The van der Waals surface area contributed by atoms with Gasteiger partial charge in [0.25, 0.3) is 0 Å². The quantitative estimate of drug-likeness (QED) is 0.0410. The van der Waals surface area contributed by atoms with Crippen LogP contribution in [0.5, 0.6) is 46.8 Å². The fourth-order valence-corrected chi connectivity index (χ4v) is 7.92. The Kier molecular flexibility index (Phi) is 20.5. The Balaban J connectivity index is 0.000000814. The molecule has 0 radical (unpaired) electrons. The standard InChI is InChI=1S/C46H34N6O10S2.2C4H11N/c53-63(54,55)39-27-33(47-41-29-43(59-35-13-5-1-6-14-35)51-45(49-41)61-37-17-9-3-10-18-37)25-23-31(39)21-22-32-24-26-34(28-40(32)64(56,57)58)48-42-30-44(60-36-15-7-2-8-16-36)52-46(50-42)62-38-19-11-4-12-20-38;2*1-3-5-4-2/h1-30H,(H,47,49,51)(H,48,50,52)(H,53,54,55)(H,56,57,58);2*5H,3-4H2,1-2H3. The van der Waals surface area contributed by atoms with Gasteiger partial charge in [0.2, 0.25) is 11.8 Å². The van der Waals surface area contributed by atoms with Gasteiger partial charge in [0.15, 0.2) is 0 Å². The highest BCUT2D eigenvalue weighted by Gasteiger charge is 2.16. The van der Waals surface area contributed by atoms with E-state index in [0.717, 1.165) is 12.1 Å². The van der Waals surface area contributed by atoms with Gasteiger partial charge in [-0.05, 0) is 112 Å². The molecule has 0 fully saturated rings. The number of rotatable bonds is 20. The van der Waals surface area contributed by atoms with E-state index in [4.69, 9.17) is 18.9 Å². The second-order valence-electron chi connectivity index (χ2n) is 15.6. The molecule has 18 nitrogen and oxygen atoms in total. The Labute approximate surface area is 431 Å². The average molecular weight is 1040 g/mol. The van der Waals surface area contributed by atoms with E-state index in [0.29, 0.717) is 23.0 Å². The van der Waals surface area contributed by atoms with Gasteiger partial charge in [-0.3, -0.25) is 0 Å². The predicted molar refractivity (Wildman–Crippen MR) is 280 cm³/mol. The van der Waals surface area contributed by atoms with Crippen molar-refractivity contribution in [2.45, 2.75) is 37.5 Å². The van der Waals surface area contributed by atoms with Gasteiger partial charge in [-0.15, -0.1) is 0 Å². The first kappa shape index (κ1) is 55.1. The van der Waals surface area contributed by atoms with Crippen LogP contribution < -0.4 is 40.2 Å². The van der Waals surface area contributed by atoms with Gasteiger partial charge >= 0.3 is 12.0 Å². The van der Waals surface area contributed by atoms with Crippen molar-refractivity contribution in [2.75, 3.05) is 36.8 Å². The lowest BCUT2D eigenvalue weighted by Gasteiger charge is -2.16. The Bertz CT molecular complexity index is 2950. The molecule has 2 heterocycles. The van der Waals surface area contributed by atoms with Crippen LogP contribution in [0, 0.1) is 0 Å². The molecule has 0 saturated heterocycles. The van der Waals surface area contributed by atoms with Crippen LogP contribution in [0.3, 0.4) is 0 Å². The second kappa shape index (κ2) is 27.5. The van der Waals surface area contributed by atoms with Crippen LogP contribution in [0.1, 0.15) is 38.8 Å². The summed E-state index contributed by atoms with van der Waals surface area (Å²) in [7, 11) is -10.2. The maximum absolute atomic E-state index is 12.6. The molecule has 384 valence electrons. The molecular weight excluding hydrogens is 985 g/mol. The first-order chi connectivity index (χ1) is 35.7. The van der Waals surface area contributed by atoms with E-state index in [1.807, 2.05) is 24.3 Å². The fourth-order valence-electron chi connectivity index (χ4n) is 6.52. The van der Waals surface area contributed by atoms with Crippen LogP contribution in [0.4, 0.5) is 23.0 Å². The third kappa shape index (κ3) is 17.8. The lowest BCUT2D eigenvalue weighted by atomic mass is 10.1. The molecule has 20 heteroatoms. The number of para-hydroxylation sites is 4. The van der Waals surface area contributed by atoms with Crippen LogP contribution in [0.15, 0.2) is 180 Å². The van der Waals surface area contributed by atoms with Crippen molar-refractivity contribution in [2.24, 2.45) is 0 Å². The van der Waals surface area contributed by atoms with Gasteiger partial charge in [0.1, 0.15) is 54.9 Å². The molecule has 0 atom stereocenters. The summed E-state index contributed by atoms with van der Waals surface area (Å²) in [4.78, 5) is 16.1. The van der Waals surface area contributed by atoms with Crippen LogP contribution in [0.2, 0.25) is 0 Å². The van der Waals surface area contributed by atoms with Gasteiger partial charge in [-0.25, -0.2) is 16.8 Å². The molecule has 6 aromatic carbocycles.